The Morgan fingerprint density at radius 2 is 1.70 bits per heavy atom. The Balaban J connectivity index is 1.38. The zero-order valence-electron chi connectivity index (χ0n) is 18.7. The molecule has 0 saturated carbocycles. The number of pyridine rings is 2. The Labute approximate surface area is 212 Å². The second kappa shape index (κ2) is 9.78. The van der Waals surface area contributed by atoms with Crippen molar-refractivity contribution >= 4 is 23.3 Å². The minimum absolute atomic E-state index is 0.0549. The van der Waals surface area contributed by atoms with Crippen molar-refractivity contribution in [2.45, 2.75) is 6.18 Å². The number of hydrogen-bond acceptors (Lipinski definition) is 6. The number of halogens is 4. The molecule has 1 N–H and O–H groups in total. The summed E-state index contributed by atoms with van der Waals surface area (Å²) in [5.41, 5.74) is 1.34. The number of carbonyl (C=O) groups is 1. The van der Waals surface area contributed by atoms with Crippen LogP contribution in [0, 0.1) is 0 Å². The van der Waals surface area contributed by atoms with Crippen LogP contribution in [-0.2, 0) is 6.18 Å². The molecular weight excluding hydrogens is 507 g/mol. The molecule has 0 aliphatic heterocycles. The molecule has 1 amide bonds. The maximum atomic E-state index is 13.7. The summed E-state index contributed by atoms with van der Waals surface area (Å²) < 4.78 is 41.7. The molecule has 0 bridgehead atoms. The molecule has 4 aromatic heterocycles. The first-order chi connectivity index (χ1) is 17.8. The van der Waals surface area contributed by atoms with Gasteiger partial charge >= 0.3 is 6.18 Å². The second-order valence-corrected chi connectivity index (χ2v) is 8.13. The van der Waals surface area contributed by atoms with Crippen LogP contribution >= 0.6 is 11.6 Å². The van der Waals surface area contributed by atoms with Crippen molar-refractivity contribution in [2.24, 2.45) is 0 Å². The average molecular weight is 522 g/mol. The predicted molar refractivity (Wildman–Crippen MR) is 130 cm³/mol. The van der Waals surface area contributed by atoms with Crippen LogP contribution in [-0.4, -0.2) is 35.9 Å². The third kappa shape index (κ3) is 5.31. The summed E-state index contributed by atoms with van der Waals surface area (Å²) in [5.74, 6) is -0.589. The van der Waals surface area contributed by atoms with Crippen molar-refractivity contribution in [3.63, 3.8) is 0 Å². The number of anilines is 1. The zero-order valence-corrected chi connectivity index (χ0v) is 19.4. The number of aromatic nitrogens is 6. The highest BCUT2D eigenvalue weighted by molar-refractivity contribution is 6.29. The molecule has 0 spiro atoms. The van der Waals surface area contributed by atoms with Crippen LogP contribution < -0.4 is 5.32 Å². The normalized spacial score (nSPS) is 11.4. The van der Waals surface area contributed by atoms with E-state index in [2.05, 4.69) is 30.6 Å². The van der Waals surface area contributed by atoms with E-state index < -0.39 is 17.8 Å². The SMILES string of the molecule is O=C(Nc1ccc(-n2nc(-c3cccnc3)cc2C(F)(F)F)nn1)c1cccc(-c2ccnc(Cl)c2)c1. The number of nitrogens with zero attached hydrogens (tertiary/aromatic N) is 6. The number of benzene rings is 1. The Morgan fingerprint density at radius 3 is 2.41 bits per heavy atom. The number of alkyl halides is 3. The fourth-order valence-electron chi connectivity index (χ4n) is 3.53. The molecule has 1 aromatic carbocycles. The van der Waals surface area contributed by atoms with Gasteiger partial charge < -0.3 is 5.32 Å². The topological polar surface area (TPSA) is 98.5 Å². The zero-order chi connectivity index (χ0) is 26.0. The summed E-state index contributed by atoms with van der Waals surface area (Å²) in [5, 5.41) is 14.7. The minimum Gasteiger partial charge on any atom is -0.305 e. The molecule has 8 nitrogen and oxygen atoms in total. The lowest BCUT2D eigenvalue weighted by Crippen LogP contribution is -2.16. The van der Waals surface area contributed by atoms with Gasteiger partial charge in [0.25, 0.3) is 5.91 Å². The van der Waals surface area contributed by atoms with Crippen molar-refractivity contribution in [3.05, 3.63) is 102 Å². The van der Waals surface area contributed by atoms with Crippen LogP contribution in [0.25, 0.3) is 28.2 Å². The van der Waals surface area contributed by atoms with Crippen LogP contribution in [0.5, 0.6) is 0 Å². The molecule has 0 atom stereocenters. The summed E-state index contributed by atoms with van der Waals surface area (Å²) in [4.78, 5) is 20.6. The molecule has 0 radical (unpaired) electrons. The molecule has 4 heterocycles. The van der Waals surface area contributed by atoms with E-state index in [1.165, 1.54) is 24.5 Å². The number of rotatable bonds is 5. The van der Waals surface area contributed by atoms with E-state index in [1.807, 2.05) is 6.07 Å². The highest BCUT2D eigenvalue weighted by Gasteiger charge is 2.37. The van der Waals surface area contributed by atoms with Crippen LogP contribution in [0.4, 0.5) is 19.0 Å². The molecule has 0 saturated heterocycles. The quantitative estimate of drug-likeness (QED) is 0.297. The Kier molecular flexibility index (Phi) is 6.36. The largest absolute Gasteiger partial charge is 0.433 e. The summed E-state index contributed by atoms with van der Waals surface area (Å²) >= 11 is 5.95. The summed E-state index contributed by atoms with van der Waals surface area (Å²) in [6.45, 7) is 0. The maximum Gasteiger partial charge on any atom is 0.433 e. The first kappa shape index (κ1) is 24.1. The lowest BCUT2D eigenvalue weighted by molar-refractivity contribution is -0.142. The van der Waals surface area contributed by atoms with Gasteiger partial charge in [0.05, 0.1) is 5.69 Å². The van der Waals surface area contributed by atoms with Gasteiger partial charge in [-0.2, -0.15) is 18.3 Å². The third-order valence-electron chi connectivity index (χ3n) is 5.25. The summed E-state index contributed by atoms with van der Waals surface area (Å²) in [6, 6.07) is 17.0. The van der Waals surface area contributed by atoms with Crippen LogP contribution in [0.3, 0.4) is 0 Å². The Morgan fingerprint density at radius 1 is 0.892 bits per heavy atom. The fourth-order valence-corrected chi connectivity index (χ4v) is 3.70. The minimum atomic E-state index is -4.69. The van der Waals surface area contributed by atoms with Gasteiger partial charge in [0.2, 0.25) is 0 Å². The molecule has 5 aromatic rings. The molecule has 0 unspecified atom stereocenters. The maximum absolute atomic E-state index is 13.7. The van der Waals surface area contributed by atoms with Gasteiger partial charge in [0, 0.05) is 29.7 Å². The van der Waals surface area contributed by atoms with E-state index in [0.717, 1.165) is 17.2 Å². The van der Waals surface area contributed by atoms with Crippen molar-refractivity contribution in [3.8, 4) is 28.2 Å². The van der Waals surface area contributed by atoms with Gasteiger partial charge in [-0.15, -0.1) is 10.2 Å². The van der Waals surface area contributed by atoms with Crippen molar-refractivity contribution < 1.29 is 18.0 Å². The fraction of sp³-hybridized carbons (Fsp3) is 0.0400. The van der Waals surface area contributed by atoms with E-state index in [1.54, 1.807) is 48.7 Å². The smallest absolute Gasteiger partial charge is 0.305 e. The highest BCUT2D eigenvalue weighted by Crippen LogP contribution is 2.33. The van der Waals surface area contributed by atoms with Gasteiger partial charge in [-0.25, -0.2) is 9.67 Å². The van der Waals surface area contributed by atoms with Gasteiger partial charge in [-0.1, -0.05) is 23.7 Å². The van der Waals surface area contributed by atoms with Crippen molar-refractivity contribution in [1.82, 2.24) is 29.9 Å². The predicted octanol–water partition coefficient (Wildman–Crippen LogP) is 5.71. The van der Waals surface area contributed by atoms with E-state index in [4.69, 9.17) is 11.6 Å². The number of hydrogen-bond donors (Lipinski definition) is 1. The first-order valence-corrected chi connectivity index (χ1v) is 11.1. The van der Waals surface area contributed by atoms with E-state index >= 15 is 0 Å². The van der Waals surface area contributed by atoms with Crippen molar-refractivity contribution in [1.29, 1.82) is 0 Å². The molecule has 0 aliphatic rings. The number of nitrogens with one attached hydrogen (secondary N) is 1. The molecular formula is C25H15ClF3N7O. The second-order valence-electron chi connectivity index (χ2n) is 7.75. The molecule has 184 valence electrons. The average Bonchev–Trinajstić information content (AvgIpc) is 3.36. The van der Waals surface area contributed by atoms with Crippen LogP contribution in [0.1, 0.15) is 16.1 Å². The highest BCUT2D eigenvalue weighted by atomic mass is 35.5. The van der Waals surface area contributed by atoms with Gasteiger partial charge in [-0.3, -0.25) is 9.78 Å². The Hall–Kier alpha value is -4.64. The third-order valence-corrected chi connectivity index (χ3v) is 5.46. The molecule has 12 heteroatoms. The molecule has 37 heavy (non-hydrogen) atoms. The van der Waals surface area contributed by atoms with Crippen molar-refractivity contribution in [2.75, 3.05) is 5.32 Å². The molecule has 0 aliphatic carbocycles. The van der Waals surface area contributed by atoms with Crippen LogP contribution in [0.2, 0.25) is 5.15 Å². The lowest BCUT2D eigenvalue weighted by Gasteiger charge is -2.10. The summed E-state index contributed by atoms with van der Waals surface area (Å²) in [7, 11) is 0. The standard InChI is InChI=1S/C25H15ClF3N7O/c26-21-12-16(8-10-31-21)15-3-1-4-17(11-15)24(37)32-22-6-7-23(34-33-22)36-20(25(27,28)29)13-19(35-36)18-5-2-9-30-14-18/h1-14H,(H,32,33,37). The molecule has 0 fully saturated rings. The van der Waals surface area contributed by atoms with E-state index in [0.29, 0.717) is 21.0 Å². The van der Waals surface area contributed by atoms with Crippen LogP contribution in [0.15, 0.2) is 85.3 Å². The van der Waals surface area contributed by atoms with Gasteiger partial charge in [0.1, 0.15) is 5.15 Å². The van der Waals surface area contributed by atoms with E-state index in [-0.39, 0.29) is 17.3 Å². The monoisotopic (exact) mass is 521 g/mol. The van der Waals surface area contributed by atoms with Gasteiger partial charge in [-0.05, 0) is 65.7 Å². The summed E-state index contributed by atoms with van der Waals surface area (Å²) in [6.07, 6.45) is -0.207. The molecule has 5 rings (SSSR count). The number of carbonyl (C=O) groups excluding carboxylic acids is 1. The van der Waals surface area contributed by atoms with E-state index in [9.17, 15) is 18.0 Å². The van der Waals surface area contributed by atoms with Gasteiger partial charge in [0.15, 0.2) is 17.3 Å². The first-order valence-electron chi connectivity index (χ1n) is 10.7. The number of amides is 1. The Bertz CT molecular complexity index is 1570. The lowest BCUT2D eigenvalue weighted by atomic mass is 10.0.